The zero-order valence-corrected chi connectivity index (χ0v) is 11.8. The van der Waals surface area contributed by atoms with Gasteiger partial charge in [0, 0.05) is 6.04 Å². The summed E-state index contributed by atoms with van der Waals surface area (Å²) in [4.78, 5) is 22.9. The van der Waals surface area contributed by atoms with Gasteiger partial charge in [0.1, 0.15) is 0 Å². The third-order valence-corrected chi connectivity index (χ3v) is 3.16. The summed E-state index contributed by atoms with van der Waals surface area (Å²) >= 11 is 6.01. The van der Waals surface area contributed by atoms with Gasteiger partial charge in [0.25, 0.3) is 5.91 Å². The highest BCUT2D eigenvalue weighted by atomic mass is 35.5. The second-order valence-corrected chi connectivity index (χ2v) is 4.90. The molecule has 2 N–H and O–H groups in total. The standard InChI is InChI=1S/C14H18ClNO3/c1-3-5-10(8-12(17)18)16-14(19)13-9(2)6-4-7-11(13)15/h4,6-7,10H,3,5,8H2,1-2H3,(H,16,19)(H,17,18)/t10-/m1/s1. The maximum atomic E-state index is 12.2. The maximum absolute atomic E-state index is 12.2. The largest absolute Gasteiger partial charge is 0.481 e. The van der Waals surface area contributed by atoms with E-state index in [2.05, 4.69) is 5.32 Å². The molecule has 5 heteroatoms. The van der Waals surface area contributed by atoms with Gasteiger partial charge in [0.05, 0.1) is 17.0 Å². The van der Waals surface area contributed by atoms with Crippen LogP contribution in [0.2, 0.25) is 5.02 Å². The van der Waals surface area contributed by atoms with Gasteiger partial charge in [-0.2, -0.15) is 0 Å². The van der Waals surface area contributed by atoms with Gasteiger partial charge in [0.2, 0.25) is 0 Å². The molecule has 0 aliphatic heterocycles. The lowest BCUT2D eigenvalue weighted by Crippen LogP contribution is -2.36. The minimum absolute atomic E-state index is 0.0803. The van der Waals surface area contributed by atoms with Crippen molar-refractivity contribution in [3.05, 3.63) is 34.3 Å². The number of carbonyl (C=O) groups is 2. The molecule has 4 nitrogen and oxygen atoms in total. The van der Waals surface area contributed by atoms with E-state index in [0.29, 0.717) is 17.0 Å². The molecule has 0 radical (unpaired) electrons. The molecule has 0 aliphatic rings. The first kappa shape index (κ1) is 15.5. The summed E-state index contributed by atoms with van der Waals surface area (Å²) < 4.78 is 0. The number of halogens is 1. The highest BCUT2D eigenvalue weighted by Crippen LogP contribution is 2.19. The van der Waals surface area contributed by atoms with Crippen molar-refractivity contribution in [2.75, 3.05) is 0 Å². The van der Waals surface area contributed by atoms with E-state index in [9.17, 15) is 9.59 Å². The molecule has 0 aliphatic carbocycles. The SMILES string of the molecule is CCC[C@H](CC(=O)O)NC(=O)c1c(C)cccc1Cl. The first-order valence-corrected chi connectivity index (χ1v) is 6.61. The van der Waals surface area contributed by atoms with Crippen molar-refractivity contribution >= 4 is 23.5 Å². The van der Waals surface area contributed by atoms with Crippen LogP contribution < -0.4 is 5.32 Å². The van der Waals surface area contributed by atoms with Crippen LogP contribution in [0.25, 0.3) is 0 Å². The van der Waals surface area contributed by atoms with Crippen molar-refractivity contribution in [1.82, 2.24) is 5.32 Å². The van der Waals surface area contributed by atoms with Crippen molar-refractivity contribution in [1.29, 1.82) is 0 Å². The number of hydrogen-bond donors (Lipinski definition) is 2. The molecule has 1 amide bonds. The summed E-state index contributed by atoms with van der Waals surface area (Å²) in [6.07, 6.45) is 1.35. The van der Waals surface area contributed by atoms with Crippen LogP contribution >= 0.6 is 11.6 Å². The molecule has 0 aromatic heterocycles. The molecule has 0 heterocycles. The molecule has 0 fully saturated rings. The first-order valence-electron chi connectivity index (χ1n) is 6.23. The van der Waals surface area contributed by atoms with Crippen LogP contribution in [0.4, 0.5) is 0 Å². The number of hydrogen-bond acceptors (Lipinski definition) is 2. The van der Waals surface area contributed by atoms with Crippen LogP contribution in [0.3, 0.4) is 0 Å². The van der Waals surface area contributed by atoms with Gasteiger partial charge in [-0.3, -0.25) is 9.59 Å². The Morgan fingerprint density at radius 2 is 2.11 bits per heavy atom. The van der Waals surface area contributed by atoms with Crippen molar-refractivity contribution < 1.29 is 14.7 Å². The number of carboxylic acid groups (broad SMARTS) is 1. The molecule has 1 rings (SSSR count). The van der Waals surface area contributed by atoms with Gasteiger partial charge in [0.15, 0.2) is 0 Å². The topological polar surface area (TPSA) is 66.4 Å². The van der Waals surface area contributed by atoms with E-state index in [4.69, 9.17) is 16.7 Å². The van der Waals surface area contributed by atoms with Crippen LogP contribution in [0, 0.1) is 6.92 Å². The number of aryl methyl sites for hydroxylation is 1. The third kappa shape index (κ3) is 4.56. The Morgan fingerprint density at radius 3 is 2.63 bits per heavy atom. The molecule has 0 saturated heterocycles. The number of carbonyl (C=O) groups excluding carboxylic acids is 1. The molecule has 0 saturated carbocycles. The molecule has 0 unspecified atom stereocenters. The van der Waals surface area contributed by atoms with Gasteiger partial charge in [-0.1, -0.05) is 37.1 Å². The smallest absolute Gasteiger partial charge is 0.305 e. The van der Waals surface area contributed by atoms with Crippen molar-refractivity contribution in [2.45, 2.75) is 39.2 Å². The Morgan fingerprint density at radius 1 is 1.42 bits per heavy atom. The summed E-state index contributed by atoms with van der Waals surface area (Å²) in [5.74, 6) is -1.24. The average molecular weight is 284 g/mol. The molecular formula is C14H18ClNO3. The summed E-state index contributed by atoms with van der Waals surface area (Å²) in [6, 6.07) is 4.85. The highest BCUT2D eigenvalue weighted by Gasteiger charge is 2.19. The molecule has 1 aromatic carbocycles. The second-order valence-electron chi connectivity index (χ2n) is 4.49. The zero-order valence-electron chi connectivity index (χ0n) is 11.1. The number of aliphatic carboxylic acids is 1. The monoisotopic (exact) mass is 283 g/mol. The predicted octanol–water partition coefficient (Wildman–Crippen LogP) is 3.02. The molecule has 0 spiro atoms. The van der Waals surface area contributed by atoms with Crippen LogP contribution in [0.1, 0.15) is 42.1 Å². The molecule has 1 aromatic rings. The fraction of sp³-hybridized carbons (Fsp3) is 0.429. The van der Waals surface area contributed by atoms with E-state index in [1.54, 1.807) is 25.1 Å². The lowest BCUT2D eigenvalue weighted by Gasteiger charge is -2.17. The highest BCUT2D eigenvalue weighted by molar-refractivity contribution is 6.34. The van der Waals surface area contributed by atoms with Crippen LogP contribution in [-0.2, 0) is 4.79 Å². The summed E-state index contributed by atoms with van der Waals surface area (Å²) in [6.45, 7) is 3.74. The maximum Gasteiger partial charge on any atom is 0.305 e. The van der Waals surface area contributed by atoms with E-state index < -0.39 is 5.97 Å². The fourth-order valence-electron chi connectivity index (χ4n) is 1.96. The summed E-state index contributed by atoms with van der Waals surface area (Å²) in [7, 11) is 0. The molecular weight excluding hydrogens is 266 g/mol. The van der Waals surface area contributed by atoms with Crippen LogP contribution in [-0.4, -0.2) is 23.0 Å². The van der Waals surface area contributed by atoms with E-state index in [1.807, 2.05) is 6.92 Å². The summed E-state index contributed by atoms with van der Waals surface area (Å²) in [5.41, 5.74) is 1.19. The Balaban J connectivity index is 2.84. The van der Waals surface area contributed by atoms with Crippen LogP contribution in [0.15, 0.2) is 18.2 Å². The van der Waals surface area contributed by atoms with E-state index in [-0.39, 0.29) is 18.4 Å². The number of benzene rings is 1. The molecule has 0 bridgehead atoms. The van der Waals surface area contributed by atoms with Gasteiger partial charge < -0.3 is 10.4 Å². The minimum atomic E-state index is -0.922. The van der Waals surface area contributed by atoms with Gasteiger partial charge in [-0.15, -0.1) is 0 Å². The predicted molar refractivity (Wildman–Crippen MR) is 74.6 cm³/mol. The first-order chi connectivity index (χ1) is 8.95. The Labute approximate surface area is 117 Å². The van der Waals surface area contributed by atoms with Crippen molar-refractivity contribution in [3.63, 3.8) is 0 Å². The van der Waals surface area contributed by atoms with E-state index in [0.717, 1.165) is 12.0 Å². The molecule has 19 heavy (non-hydrogen) atoms. The minimum Gasteiger partial charge on any atom is -0.481 e. The average Bonchev–Trinajstić information content (AvgIpc) is 2.27. The Hall–Kier alpha value is -1.55. The van der Waals surface area contributed by atoms with Crippen molar-refractivity contribution in [2.24, 2.45) is 0 Å². The van der Waals surface area contributed by atoms with Crippen molar-refractivity contribution in [3.8, 4) is 0 Å². The third-order valence-electron chi connectivity index (χ3n) is 2.84. The quantitative estimate of drug-likeness (QED) is 0.843. The van der Waals surface area contributed by atoms with Gasteiger partial charge >= 0.3 is 5.97 Å². The van der Waals surface area contributed by atoms with E-state index >= 15 is 0 Å². The zero-order chi connectivity index (χ0) is 14.4. The lowest BCUT2D eigenvalue weighted by atomic mass is 10.1. The second kappa shape index (κ2) is 7.14. The Kier molecular flexibility index (Phi) is 5.83. The van der Waals surface area contributed by atoms with Gasteiger partial charge in [-0.25, -0.2) is 0 Å². The number of rotatable bonds is 6. The summed E-state index contributed by atoms with van der Waals surface area (Å²) in [5, 5.41) is 11.9. The van der Waals surface area contributed by atoms with Gasteiger partial charge in [-0.05, 0) is 25.0 Å². The number of amides is 1. The van der Waals surface area contributed by atoms with E-state index in [1.165, 1.54) is 0 Å². The molecule has 1 atom stereocenters. The molecule has 104 valence electrons. The lowest BCUT2D eigenvalue weighted by molar-refractivity contribution is -0.137. The fourth-order valence-corrected chi connectivity index (χ4v) is 2.27. The Bertz CT molecular complexity index is 454. The number of carboxylic acids is 1. The van der Waals surface area contributed by atoms with Crippen LogP contribution in [0.5, 0.6) is 0 Å². The normalized spacial score (nSPS) is 11.9. The number of nitrogens with one attached hydrogen (secondary N) is 1.